The van der Waals surface area contributed by atoms with E-state index in [-0.39, 0.29) is 35.2 Å². The highest BCUT2D eigenvalue weighted by Gasteiger charge is 2.58. The van der Waals surface area contributed by atoms with Crippen LogP contribution >= 0.6 is 0 Å². The number of carbonyl (C=O) groups excluding carboxylic acids is 2. The molecule has 1 amide bonds. The quantitative estimate of drug-likeness (QED) is 0.427. The maximum Gasteiger partial charge on any atom is 0.336 e. The van der Waals surface area contributed by atoms with Crippen molar-refractivity contribution in [2.45, 2.75) is 80.2 Å². The zero-order valence-electron chi connectivity index (χ0n) is 23.2. The molecule has 5 nitrogen and oxygen atoms in total. The second-order valence-corrected chi connectivity index (χ2v) is 11.6. The highest BCUT2D eigenvalue weighted by molar-refractivity contribution is 6.00. The van der Waals surface area contributed by atoms with Crippen molar-refractivity contribution in [3.8, 4) is 0 Å². The van der Waals surface area contributed by atoms with E-state index in [0.717, 1.165) is 54.3 Å². The Morgan fingerprint density at radius 2 is 1.75 bits per heavy atom. The number of ether oxygens (including phenoxy) is 1. The van der Waals surface area contributed by atoms with Crippen LogP contribution < -0.4 is 5.32 Å². The van der Waals surface area contributed by atoms with Crippen LogP contribution in [0.1, 0.15) is 85.8 Å². The molecule has 1 N–H and O–H groups in total. The number of rotatable bonds is 8. The van der Waals surface area contributed by atoms with Crippen LogP contribution in [0.3, 0.4) is 0 Å². The highest BCUT2D eigenvalue weighted by Crippen LogP contribution is 2.64. The summed E-state index contributed by atoms with van der Waals surface area (Å²) in [5.74, 6) is 0.920. The fourth-order valence-corrected chi connectivity index (χ4v) is 7.28. The van der Waals surface area contributed by atoms with Crippen molar-refractivity contribution in [3.63, 3.8) is 0 Å². The molecule has 5 atom stereocenters. The number of nitrogens with zero attached hydrogens (tertiary/aromatic N) is 1. The minimum atomic E-state index is -0.269. The predicted molar refractivity (Wildman–Crippen MR) is 144 cm³/mol. The molecule has 1 heterocycles. The molecule has 196 valence electrons. The van der Waals surface area contributed by atoms with Gasteiger partial charge in [-0.1, -0.05) is 51.1 Å². The van der Waals surface area contributed by atoms with E-state index in [2.05, 4.69) is 37.9 Å². The van der Waals surface area contributed by atoms with E-state index in [4.69, 9.17) is 4.74 Å². The highest BCUT2D eigenvalue weighted by atomic mass is 16.5. The normalized spacial score (nSPS) is 27.9. The van der Waals surface area contributed by atoms with Crippen molar-refractivity contribution in [2.24, 2.45) is 29.1 Å². The minimum Gasteiger partial charge on any atom is -0.463 e. The first-order valence-corrected chi connectivity index (χ1v) is 13.8. The lowest BCUT2D eigenvalue weighted by atomic mass is 9.43. The van der Waals surface area contributed by atoms with Gasteiger partial charge < -0.3 is 15.0 Å². The molecule has 5 rings (SSSR count). The average Bonchev–Trinajstić information content (AvgIpc) is 2.86. The van der Waals surface area contributed by atoms with Crippen molar-refractivity contribution in [3.05, 3.63) is 58.4 Å². The van der Waals surface area contributed by atoms with Crippen molar-refractivity contribution in [1.82, 2.24) is 10.2 Å². The van der Waals surface area contributed by atoms with Crippen LogP contribution in [0, 0.1) is 29.1 Å². The van der Waals surface area contributed by atoms with Crippen LogP contribution in [0.5, 0.6) is 0 Å². The van der Waals surface area contributed by atoms with Crippen molar-refractivity contribution >= 4 is 11.9 Å². The predicted octanol–water partition coefficient (Wildman–Crippen LogP) is 6.39. The van der Waals surface area contributed by atoms with Gasteiger partial charge in [-0.25, -0.2) is 4.79 Å². The summed E-state index contributed by atoms with van der Waals surface area (Å²) in [6.07, 6.45) is 4.32. The molecule has 1 aromatic carbocycles. The van der Waals surface area contributed by atoms with E-state index in [1.807, 2.05) is 51.1 Å². The van der Waals surface area contributed by atoms with Gasteiger partial charge in [0.25, 0.3) is 0 Å². The number of hydrogen-bond donors (Lipinski definition) is 1. The van der Waals surface area contributed by atoms with Gasteiger partial charge in [-0.3, -0.25) is 4.79 Å². The molecule has 5 heteroatoms. The van der Waals surface area contributed by atoms with E-state index in [1.165, 1.54) is 6.42 Å². The molecule has 1 aliphatic heterocycles. The van der Waals surface area contributed by atoms with E-state index in [0.29, 0.717) is 18.1 Å². The van der Waals surface area contributed by atoms with Gasteiger partial charge in [-0.15, -0.1) is 0 Å². The molecule has 1 aromatic rings. The average molecular weight is 493 g/mol. The number of benzene rings is 1. The summed E-state index contributed by atoms with van der Waals surface area (Å²) in [6, 6.07) is 9.93. The Hall–Kier alpha value is -2.56. The van der Waals surface area contributed by atoms with Crippen LogP contribution in [-0.2, 0) is 14.3 Å². The molecule has 0 saturated heterocycles. The first-order valence-electron chi connectivity index (χ1n) is 13.8. The first-order chi connectivity index (χ1) is 17.1. The molecule has 3 fully saturated rings. The van der Waals surface area contributed by atoms with Crippen molar-refractivity contribution in [1.29, 1.82) is 0 Å². The van der Waals surface area contributed by atoms with E-state index in [9.17, 15) is 9.59 Å². The van der Waals surface area contributed by atoms with Gasteiger partial charge in [-0.2, -0.15) is 0 Å². The van der Waals surface area contributed by atoms with Crippen LogP contribution in [0.2, 0.25) is 0 Å². The molecule has 0 aromatic heterocycles. The Labute approximate surface area is 217 Å². The molecule has 0 spiro atoms. The van der Waals surface area contributed by atoms with E-state index < -0.39 is 0 Å². The number of hydrogen-bond acceptors (Lipinski definition) is 4. The Balaban J connectivity index is 1.79. The summed E-state index contributed by atoms with van der Waals surface area (Å²) in [4.78, 5) is 29.9. The maximum atomic E-state index is 14.1. The Morgan fingerprint density at radius 3 is 2.33 bits per heavy atom. The Kier molecular flexibility index (Phi) is 7.68. The van der Waals surface area contributed by atoms with Gasteiger partial charge in [0.05, 0.1) is 18.2 Å². The molecule has 3 aliphatic carbocycles. The smallest absolute Gasteiger partial charge is 0.336 e. The first kappa shape index (κ1) is 26.5. The number of fused-ring (bicyclic) bond motifs is 2. The monoisotopic (exact) mass is 492 g/mol. The van der Waals surface area contributed by atoms with Crippen LogP contribution in [0.15, 0.2) is 52.9 Å². The van der Waals surface area contributed by atoms with Crippen molar-refractivity contribution < 1.29 is 14.3 Å². The SMILES string of the molecule is CCCN1C(C)=C(C(=O)NC(C)c2ccccc2)C(C2CCC3CC2C3(C)C)C(C(=O)OCC)=C1C. The van der Waals surface area contributed by atoms with Gasteiger partial charge in [0.1, 0.15) is 0 Å². The lowest BCUT2D eigenvalue weighted by molar-refractivity contribution is -0.142. The molecular weight excluding hydrogens is 448 g/mol. The summed E-state index contributed by atoms with van der Waals surface area (Å²) in [7, 11) is 0. The number of nitrogens with one attached hydrogen (secondary N) is 1. The van der Waals surface area contributed by atoms with E-state index in [1.54, 1.807) is 0 Å². The van der Waals surface area contributed by atoms with Crippen molar-refractivity contribution in [2.75, 3.05) is 13.2 Å². The van der Waals surface area contributed by atoms with E-state index >= 15 is 0 Å². The zero-order valence-corrected chi connectivity index (χ0v) is 23.2. The zero-order chi connectivity index (χ0) is 26.2. The molecule has 0 radical (unpaired) electrons. The molecule has 2 bridgehead atoms. The third-order valence-electron chi connectivity index (χ3n) is 9.39. The molecule has 4 aliphatic rings. The minimum absolute atomic E-state index is 0.0662. The fourth-order valence-electron chi connectivity index (χ4n) is 7.28. The third-order valence-corrected chi connectivity index (χ3v) is 9.39. The second-order valence-electron chi connectivity index (χ2n) is 11.6. The standard InChI is InChI=1S/C31H44N2O3/c1-8-17-33-20(4)26(29(34)32-19(3)22-13-11-10-12-14-22)28(27(21(33)5)30(35)36-9-2)24-16-15-23-18-25(24)31(23,6)7/h10-14,19,23-25,28H,8-9,15-18H2,1-7H3,(H,32,34). The van der Waals surface area contributed by atoms with Gasteiger partial charge in [-0.05, 0) is 82.1 Å². The number of esters is 1. The van der Waals surface area contributed by atoms with Gasteiger partial charge >= 0.3 is 5.97 Å². The lowest BCUT2D eigenvalue weighted by Gasteiger charge is -2.62. The fraction of sp³-hybridized carbons (Fsp3) is 0.613. The second kappa shape index (κ2) is 10.4. The van der Waals surface area contributed by atoms with Gasteiger partial charge in [0.15, 0.2) is 0 Å². The topological polar surface area (TPSA) is 58.6 Å². The lowest BCUT2D eigenvalue weighted by Crippen LogP contribution is -2.56. The maximum absolute atomic E-state index is 14.1. The Morgan fingerprint density at radius 1 is 1.08 bits per heavy atom. The molecule has 3 saturated carbocycles. The molecule has 36 heavy (non-hydrogen) atoms. The number of amides is 1. The molecule has 5 unspecified atom stereocenters. The summed E-state index contributed by atoms with van der Waals surface area (Å²) in [5.41, 5.74) is 4.68. The van der Waals surface area contributed by atoms with Crippen LogP contribution in [0.25, 0.3) is 0 Å². The molecular formula is C31H44N2O3. The van der Waals surface area contributed by atoms with Crippen LogP contribution in [0.4, 0.5) is 0 Å². The third kappa shape index (κ3) is 4.50. The Bertz CT molecular complexity index is 1050. The number of carbonyl (C=O) groups is 2. The van der Waals surface area contributed by atoms with Gasteiger partial charge in [0, 0.05) is 29.4 Å². The number of allylic oxidation sites excluding steroid dienone is 2. The van der Waals surface area contributed by atoms with Gasteiger partial charge in [0.2, 0.25) is 5.91 Å². The summed E-state index contributed by atoms with van der Waals surface area (Å²) in [5, 5.41) is 3.28. The van der Waals surface area contributed by atoms with Crippen LogP contribution in [-0.4, -0.2) is 29.9 Å². The summed E-state index contributed by atoms with van der Waals surface area (Å²) >= 11 is 0. The largest absolute Gasteiger partial charge is 0.463 e. The summed E-state index contributed by atoms with van der Waals surface area (Å²) in [6.45, 7) is 15.9. The summed E-state index contributed by atoms with van der Waals surface area (Å²) < 4.78 is 5.64.